The molecule has 1 saturated heterocycles. The summed E-state index contributed by atoms with van der Waals surface area (Å²) >= 11 is 5.95. The van der Waals surface area contributed by atoms with Gasteiger partial charge >= 0.3 is 0 Å². The van der Waals surface area contributed by atoms with E-state index in [1.54, 1.807) is 0 Å². The maximum Gasteiger partial charge on any atom is 0.121 e. The highest BCUT2D eigenvalue weighted by molar-refractivity contribution is 6.30. The van der Waals surface area contributed by atoms with Crippen molar-refractivity contribution in [2.75, 3.05) is 40.3 Å². The Labute approximate surface area is 114 Å². The lowest BCUT2D eigenvalue weighted by Crippen LogP contribution is -2.31. The Bertz CT molecular complexity index is 384. The second kappa shape index (κ2) is 6.41. The highest BCUT2D eigenvalue weighted by atomic mass is 35.5. The van der Waals surface area contributed by atoms with Crippen LogP contribution in [-0.2, 0) is 0 Å². The Morgan fingerprint density at radius 3 is 3.00 bits per heavy atom. The fourth-order valence-electron chi connectivity index (χ4n) is 2.17. The number of nitrogens with zero attached hydrogens (tertiary/aromatic N) is 2. The summed E-state index contributed by atoms with van der Waals surface area (Å²) in [6, 6.07) is 7.64. The Balaban J connectivity index is 1.79. The first kappa shape index (κ1) is 13.7. The minimum atomic E-state index is 0.297. The van der Waals surface area contributed by atoms with Crippen molar-refractivity contribution >= 4 is 11.6 Å². The zero-order valence-corrected chi connectivity index (χ0v) is 11.9. The third kappa shape index (κ3) is 4.16. The second-order valence-electron chi connectivity index (χ2n) is 5.09. The van der Waals surface area contributed by atoms with Crippen molar-refractivity contribution in [3.8, 4) is 5.75 Å². The van der Waals surface area contributed by atoms with Crippen molar-refractivity contribution in [1.82, 2.24) is 9.80 Å². The topological polar surface area (TPSA) is 15.7 Å². The van der Waals surface area contributed by atoms with Crippen molar-refractivity contribution in [2.45, 2.75) is 12.5 Å². The zero-order valence-electron chi connectivity index (χ0n) is 11.1. The van der Waals surface area contributed by atoms with E-state index >= 15 is 0 Å². The van der Waals surface area contributed by atoms with Gasteiger partial charge in [0.2, 0.25) is 0 Å². The molecule has 1 aromatic rings. The zero-order chi connectivity index (χ0) is 13.0. The monoisotopic (exact) mass is 268 g/mol. The number of ether oxygens (including phenoxy) is 1. The summed E-state index contributed by atoms with van der Waals surface area (Å²) in [7, 11) is 4.21. The van der Waals surface area contributed by atoms with Crippen LogP contribution in [0.3, 0.4) is 0 Å². The summed E-state index contributed by atoms with van der Waals surface area (Å²) in [6.45, 7) is 4.35. The van der Waals surface area contributed by atoms with Gasteiger partial charge in [0.25, 0.3) is 0 Å². The van der Waals surface area contributed by atoms with E-state index in [1.165, 1.54) is 0 Å². The van der Waals surface area contributed by atoms with Crippen LogP contribution in [0.4, 0.5) is 0 Å². The molecule has 0 amide bonds. The lowest BCUT2D eigenvalue weighted by Gasteiger charge is -2.19. The van der Waals surface area contributed by atoms with E-state index in [1.807, 2.05) is 24.3 Å². The van der Waals surface area contributed by atoms with E-state index in [0.717, 1.165) is 43.4 Å². The molecule has 0 bridgehead atoms. The van der Waals surface area contributed by atoms with Gasteiger partial charge in [0.1, 0.15) is 11.9 Å². The number of rotatable bonds is 5. The molecule has 0 aromatic heterocycles. The first-order valence-corrected chi connectivity index (χ1v) is 6.80. The molecule has 3 nitrogen and oxygen atoms in total. The molecule has 0 radical (unpaired) electrons. The molecule has 0 saturated carbocycles. The van der Waals surface area contributed by atoms with Crippen LogP contribution in [0.15, 0.2) is 24.3 Å². The van der Waals surface area contributed by atoms with Crippen LogP contribution in [0.5, 0.6) is 5.75 Å². The Kier molecular flexibility index (Phi) is 4.87. The van der Waals surface area contributed by atoms with Gasteiger partial charge in [0.15, 0.2) is 0 Å². The fraction of sp³-hybridized carbons (Fsp3) is 0.571. The SMILES string of the molecule is CN(C)CCN1CCC(Oc2cccc(Cl)c2)C1. The predicted molar refractivity (Wildman–Crippen MR) is 75.5 cm³/mol. The Hall–Kier alpha value is -0.770. The van der Waals surface area contributed by atoms with Gasteiger partial charge in [-0.15, -0.1) is 0 Å². The third-order valence-corrected chi connectivity index (χ3v) is 3.43. The van der Waals surface area contributed by atoms with E-state index in [0.29, 0.717) is 6.10 Å². The fourth-order valence-corrected chi connectivity index (χ4v) is 2.35. The summed E-state index contributed by atoms with van der Waals surface area (Å²) in [5, 5.41) is 0.731. The lowest BCUT2D eigenvalue weighted by atomic mass is 10.3. The Morgan fingerprint density at radius 1 is 1.44 bits per heavy atom. The van der Waals surface area contributed by atoms with Crippen LogP contribution in [0.1, 0.15) is 6.42 Å². The van der Waals surface area contributed by atoms with Crippen molar-refractivity contribution in [2.24, 2.45) is 0 Å². The maximum atomic E-state index is 5.95. The first-order chi connectivity index (χ1) is 8.63. The molecule has 4 heteroatoms. The lowest BCUT2D eigenvalue weighted by molar-refractivity contribution is 0.195. The molecule has 1 fully saturated rings. The average Bonchev–Trinajstić information content (AvgIpc) is 2.74. The van der Waals surface area contributed by atoms with Crippen LogP contribution in [0.25, 0.3) is 0 Å². The predicted octanol–water partition coefficient (Wildman–Crippen LogP) is 2.35. The van der Waals surface area contributed by atoms with E-state index in [4.69, 9.17) is 16.3 Å². The van der Waals surface area contributed by atoms with Crippen LogP contribution < -0.4 is 4.74 Å². The summed E-state index contributed by atoms with van der Waals surface area (Å²) in [6.07, 6.45) is 1.39. The number of hydrogen-bond acceptors (Lipinski definition) is 3. The van der Waals surface area contributed by atoms with Gasteiger partial charge in [0.05, 0.1) is 0 Å². The van der Waals surface area contributed by atoms with Crippen LogP contribution in [0, 0.1) is 0 Å². The van der Waals surface area contributed by atoms with Crippen LogP contribution in [-0.4, -0.2) is 56.2 Å². The number of likely N-dealkylation sites (tertiary alicyclic amines) is 1. The molecule has 1 atom stereocenters. The smallest absolute Gasteiger partial charge is 0.121 e. The van der Waals surface area contributed by atoms with Crippen molar-refractivity contribution in [3.63, 3.8) is 0 Å². The van der Waals surface area contributed by atoms with Gasteiger partial charge in [-0.05, 0) is 38.7 Å². The number of halogens is 1. The van der Waals surface area contributed by atoms with Crippen LogP contribution >= 0.6 is 11.6 Å². The molecular formula is C14H21ClN2O. The van der Waals surface area contributed by atoms with Crippen molar-refractivity contribution in [1.29, 1.82) is 0 Å². The molecule has 1 aromatic carbocycles. The summed E-state index contributed by atoms with van der Waals surface area (Å²) in [5.41, 5.74) is 0. The second-order valence-corrected chi connectivity index (χ2v) is 5.53. The molecule has 18 heavy (non-hydrogen) atoms. The van der Waals surface area contributed by atoms with Gasteiger partial charge in [-0.1, -0.05) is 17.7 Å². The Morgan fingerprint density at radius 2 is 2.28 bits per heavy atom. The van der Waals surface area contributed by atoms with Crippen molar-refractivity contribution in [3.05, 3.63) is 29.3 Å². The molecule has 0 N–H and O–H groups in total. The maximum absolute atomic E-state index is 5.95. The summed E-state index contributed by atoms with van der Waals surface area (Å²) in [5.74, 6) is 0.877. The van der Waals surface area contributed by atoms with Gasteiger partial charge in [-0.25, -0.2) is 0 Å². The highest BCUT2D eigenvalue weighted by Gasteiger charge is 2.23. The average molecular weight is 269 g/mol. The largest absolute Gasteiger partial charge is 0.489 e. The third-order valence-electron chi connectivity index (χ3n) is 3.19. The van der Waals surface area contributed by atoms with Gasteiger partial charge in [-0.2, -0.15) is 0 Å². The molecule has 1 aliphatic heterocycles. The normalized spacial score (nSPS) is 20.6. The van der Waals surface area contributed by atoms with Gasteiger partial charge in [0, 0.05) is 31.2 Å². The van der Waals surface area contributed by atoms with Crippen molar-refractivity contribution < 1.29 is 4.74 Å². The quantitative estimate of drug-likeness (QED) is 0.815. The van der Waals surface area contributed by atoms with Gasteiger partial charge in [-0.3, -0.25) is 4.90 Å². The van der Waals surface area contributed by atoms with Gasteiger partial charge < -0.3 is 9.64 Å². The van der Waals surface area contributed by atoms with E-state index in [2.05, 4.69) is 23.9 Å². The minimum absolute atomic E-state index is 0.297. The molecule has 1 heterocycles. The molecule has 0 spiro atoms. The molecule has 2 rings (SSSR count). The first-order valence-electron chi connectivity index (χ1n) is 6.43. The number of hydrogen-bond donors (Lipinski definition) is 0. The standard InChI is InChI=1S/C14H21ClN2O/c1-16(2)8-9-17-7-6-14(11-17)18-13-5-3-4-12(15)10-13/h3-5,10,14H,6-9,11H2,1-2H3. The molecule has 100 valence electrons. The summed E-state index contributed by atoms with van der Waals surface area (Å²) in [4.78, 5) is 4.67. The summed E-state index contributed by atoms with van der Waals surface area (Å²) < 4.78 is 5.95. The van der Waals surface area contributed by atoms with E-state index < -0.39 is 0 Å². The van der Waals surface area contributed by atoms with E-state index in [9.17, 15) is 0 Å². The molecular weight excluding hydrogens is 248 g/mol. The molecule has 1 unspecified atom stereocenters. The highest BCUT2D eigenvalue weighted by Crippen LogP contribution is 2.21. The van der Waals surface area contributed by atoms with Crippen LogP contribution in [0.2, 0.25) is 5.02 Å². The van der Waals surface area contributed by atoms with E-state index in [-0.39, 0.29) is 0 Å². The molecule has 0 aliphatic carbocycles. The number of likely N-dealkylation sites (N-methyl/N-ethyl adjacent to an activating group) is 1. The number of benzene rings is 1. The minimum Gasteiger partial charge on any atom is -0.489 e. The molecule has 1 aliphatic rings.